The Labute approximate surface area is 126 Å². The van der Waals surface area contributed by atoms with Crippen LogP contribution < -0.4 is 0 Å². The summed E-state index contributed by atoms with van der Waals surface area (Å²) in [7, 11) is 1.93. The zero-order valence-electron chi connectivity index (χ0n) is 12.1. The van der Waals surface area contributed by atoms with Crippen LogP contribution in [0.4, 0.5) is 0 Å². The Morgan fingerprint density at radius 3 is 2.71 bits per heavy atom. The molecule has 0 aliphatic carbocycles. The second-order valence-electron chi connectivity index (χ2n) is 4.70. The van der Waals surface area contributed by atoms with Crippen molar-refractivity contribution < 1.29 is 4.52 Å². The van der Waals surface area contributed by atoms with Crippen molar-refractivity contribution in [2.75, 3.05) is 0 Å². The fourth-order valence-corrected chi connectivity index (χ4v) is 2.68. The minimum atomic E-state index is 0.574. The molecule has 0 atom stereocenters. The molecule has 108 valence electrons. The summed E-state index contributed by atoms with van der Waals surface area (Å²) in [6, 6.07) is 7.98. The molecule has 0 fully saturated rings. The molecular weight excluding hydrogens is 286 g/mol. The molecule has 3 aromatic rings. The van der Waals surface area contributed by atoms with Crippen molar-refractivity contribution in [2.45, 2.75) is 24.8 Å². The van der Waals surface area contributed by atoms with Crippen LogP contribution in [0.5, 0.6) is 0 Å². The molecule has 3 rings (SSSR count). The van der Waals surface area contributed by atoms with Gasteiger partial charge in [0.25, 0.3) is 0 Å². The van der Waals surface area contributed by atoms with Crippen LogP contribution in [0.25, 0.3) is 11.4 Å². The zero-order valence-corrected chi connectivity index (χ0v) is 12.9. The van der Waals surface area contributed by atoms with E-state index in [-0.39, 0.29) is 0 Å². The lowest BCUT2D eigenvalue weighted by Gasteiger charge is -1.98. The maximum atomic E-state index is 5.30. The first-order valence-electron chi connectivity index (χ1n) is 6.52. The molecule has 7 heteroatoms. The van der Waals surface area contributed by atoms with Crippen LogP contribution >= 0.6 is 11.8 Å². The van der Waals surface area contributed by atoms with Crippen molar-refractivity contribution in [2.24, 2.45) is 7.05 Å². The summed E-state index contributed by atoms with van der Waals surface area (Å²) in [6.45, 7) is 3.95. The monoisotopic (exact) mass is 301 g/mol. The summed E-state index contributed by atoms with van der Waals surface area (Å²) in [4.78, 5) is 4.44. The third-order valence-electron chi connectivity index (χ3n) is 3.23. The molecule has 2 aromatic heterocycles. The topological polar surface area (TPSA) is 69.6 Å². The number of aryl methyl sites for hydroxylation is 2. The Hall–Kier alpha value is -2.15. The molecule has 0 amide bonds. The third-order valence-corrected chi connectivity index (χ3v) is 4.24. The standard InChI is InChI=1S/C14H15N5OS/c1-9-6-4-5-7-11(9)13-15-12(20-18-13)8-21-14-17-16-10(2)19(14)3/h4-7H,8H2,1-3H3. The average molecular weight is 301 g/mol. The van der Waals surface area contributed by atoms with Gasteiger partial charge in [0.2, 0.25) is 11.7 Å². The average Bonchev–Trinajstić information content (AvgIpc) is 3.06. The van der Waals surface area contributed by atoms with E-state index in [0.29, 0.717) is 17.5 Å². The van der Waals surface area contributed by atoms with E-state index >= 15 is 0 Å². The molecule has 1 aromatic carbocycles. The van der Waals surface area contributed by atoms with Gasteiger partial charge in [-0.3, -0.25) is 0 Å². The quantitative estimate of drug-likeness (QED) is 0.690. The number of hydrogen-bond donors (Lipinski definition) is 0. The van der Waals surface area contributed by atoms with Gasteiger partial charge in [0.15, 0.2) is 5.16 Å². The van der Waals surface area contributed by atoms with Crippen molar-refractivity contribution >= 4 is 11.8 Å². The SMILES string of the molecule is Cc1ccccc1-c1noc(CSc2nnc(C)n2C)n1. The van der Waals surface area contributed by atoms with Crippen molar-refractivity contribution in [3.8, 4) is 11.4 Å². The first kappa shape index (κ1) is 13.8. The van der Waals surface area contributed by atoms with Gasteiger partial charge in [0.05, 0.1) is 5.75 Å². The van der Waals surface area contributed by atoms with Crippen LogP contribution in [0, 0.1) is 13.8 Å². The summed E-state index contributed by atoms with van der Waals surface area (Å²) in [5.41, 5.74) is 2.12. The highest BCUT2D eigenvalue weighted by molar-refractivity contribution is 7.98. The molecule has 0 saturated carbocycles. The van der Waals surface area contributed by atoms with Crippen LogP contribution in [0.2, 0.25) is 0 Å². The number of aromatic nitrogens is 5. The largest absolute Gasteiger partial charge is 0.338 e. The molecule has 0 aliphatic heterocycles. The van der Waals surface area contributed by atoms with Gasteiger partial charge in [-0.1, -0.05) is 41.2 Å². The van der Waals surface area contributed by atoms with E-state index in [2.05, 4.69) is 20.3 Å². The van der Waals surface area contributed by atoms with E-state index < -0.39 is 0 Å². The van der Waals surface area contributed by atoms with Crippen LogP contribution in [-0.4, -0.2) is 24.9 Å². The molecule has 2 heterocycles. The Balaban J connectivity index is 1.74. The molecule has 0 bridgehead atoms. The van der Waals surface area contributed by atoms with Crippen molar-refractivity contribution in [3.63, 3.8) is 0 Å². The van der Waals surface area contributed by atoms with E-state index in [4.69, 9.17) is 4.52 Å². The minimum Gasteiger partial charge on any atom is -0.338 e. The fraction of sp³-hybridized carbons (Fsp3) is 0.286. The second kappa shape index (κ2) is 5.69. The van der Waals surface area contributed by atoms with Crippen LogP contribution in [0.1, 0.15) is 17.3 Å². The number of nitrogens with zero attached hydrogens (tertiary/aromatic N) is 5. The van der Waals surface area contributed by atoms with Gasteiger partial charge in [-0.05, 0) is 19.4 Å². The van der Waals surface area contributed by atoms with E-state index in [0.717, 1.165) is 22.1 Å². The number of rotatable bonds is 4. The highest BCUT2D eigenvalue weighted by atomic mass is 32.2. The maximum absolute atomic E-state index is 5.30. The highest BCUT2D eigenvalue weighted by Gasteiger charge is 2.12. The van der Waals surface area contributed by atoms with Crippen LogP contribution in [-0.2, 0) is 12.8 Å². The molecule has 0 saturated heterocycles. The molecule has 0 radical (unpaired) electrons. The summed E-state index contributed by atoms with van der Waals surface area (Å²) >= 11 is 1.53. The van der Waals surface area contributed by atoms with Gasteiger partial charge in [0.1, 0.15) is 5.82 Å². The first-order valence-corrected chi connectivity index (χ1v) is 7.51. The van der Waals surface area contributed by atoms with Crippen molar-refractivity contribution in [3.05, 3.63) is 41.5 Å². The predicted molar refractivity (Wildman–Crippen MR) is 79.8 cm³/mol. The molecule has 0 N–H and O–H groups in total. The van der Waals surface area contributed by atoms with Gasteiger partial charge < -0.3 is 9.09 Å². The van der Waals surface area contributed by atoms with E-state index in [9.17, 15) is 0 Å². The second-order valence-corrected chi connectivity index (χ2v) is 5.65. The van der Waals surface area contributed by atoms with Gasteiger partial charge in [-0.25, -0.2) is 0 Å². The minimum absolute atomic E-state index is 0.574. The zero-order chi connectivity index (χ0) is 14.8. The summed E-state index contributed by atoms with van der Waals surface area (Å²) in [5, 5.41) is 13.0. The predicted octanol–water partition coefficient (Wildman–Crippen LogP) is 2.77. The number of hydrogen-bond acceptors (Lipinski definition) is 6. The van der Waals surface area contributed by atoms with Gasteiger partial charge >= 0.3 is 0 Å². The Morgan fingerprint density at radius 1 is 1.19 bits per heavy atom. The summed E-state index contributed by atoms with van der Waals surface area (Å²) in [5.74, 6) is 2.66. The maximum Gasteiger partial charge on any atom is 0.237 e. The van der Waals surface area contributed by atoms with Crippen molar-refractivity contribution in [1.82, 2.24) is 24.9 Å². The number of thioether (sulfide) groups is 1. The van der Waals surface area contributed by atoms with E-state index in [1.165, 1.54) is 11.8 Å². The lowest BCUT2D eigenvalue weighted by molar-refractivity contribution is 0.391. The Kier molecular flexibility index (Phi) is 3.74. The number of benzene rings is 1. The molecular formula is C14H15N5OS. The van der Waals surface area contributed by atoms with Gasteiger partial charge in [0, 0.05) is 12.6 Å². The van der Waals surface area contributed by atoms with Gasteiger partial charge in [-0.15, -0.1) is 10.2 Å². The molecule has 0 unspecified atom stereocenters. The summed E-state index contributed by atoms with van der Waals surface area (Å²) in [6.07, 6.45) is 0. The van der Waals surface area contributed by atoms with E-state index in [1.54, 1.807) is 0 Å². The fourth-order valence-electron chi connectivity index (χ4n) is 1.89. The van der Waals surface area contributed by atoms with Gasteiger partial charge in [-0.2, -0.15) is 4.98 Å². The smallest absolute Gasteiger partial charge is 0.237 e. The molecule has 0 aliphatic rings. The summed E-state index contributed by atoms with van der Waals surface area (Å²) < 4.78 is 7.24. The van der Waals surface area contributed by atoms with Crippen LogP contribution in [0.3, 0.4) is 0 Å². The molecule has 21 heavy (non-hydrogen) atoms. The lowest BCUT2D eigenvalue weighted by atomic mass is 10.1. The highest BCUT2D eigenvalue weighted by Crippen LogP contribution is 2.23. The molecule has 6 nitrogen and oxygen atoms in total. The van der Waals surface area contributed by atoms with E-state index in [1.807, 2.05) is 49.7 Å². The van der Waals surface area contributed by atoms with Crippen molar-refractivity contribution in [1.29, 1.82) is 0 Å². The molecule has 0 spiro atoms. The third kappa shape index (κ3) is 2.82. The first-order chi connectivity index (χ1) is 10.1. The lowest BCUT2D eigenvalue weighted by Crippen LogP contribution is -1.94. The normalized spacial score (nSPS) is 11.0. The Morgan fingerprint density at radius 2 is 2.00 bits per heavy atom. The Bertz CT molecular complexity index is 764. The van der Waals surface area contributed by atoms with Crippen LogP contribution in [0.15, 0.2) is 33.9 Å².